The van der Waals surface area contributed by atoms with Gasteiger partial charge in [0.2, 0.25) is 5.96 Å². The molecule has 3 N–H and O–H groups in total. The van der Waals surface area contributed by atoms with E-state index >= 15 is 0 Å². The number of halogens is 4. The van der Waals surface area contributed by atoms with Gasteiger partial charge in [-0.15, -0.1) is 5.06 Å². The van der Waals surface area contributed by atoms with Crippen LogP contribution in [0.4, 0.5) is 18.9 Å². The fourth-order valence-electron chi connectivity index (χ4n) is 1.80. The van der Waals surface area contributed by atoms with Crippen LogP contribution in [0.3, 0.4) is 0 Å². The second-order valence-electron chi connectivity index (χ2n) is 4.97. The van der Waals surface area contributed by atoms with Gasteiger partial charge in [-0.3, -0.25) is 5.41 Å². The van der Waals surface area contributed by atoms with E-state index in [1.54, 1.807) is 24.3 Å². The van der Waals surface area contributed by atoms with E-state index in [2.05, 4.69) is 4.84 Å². The quantitative estimate of drug-likeness (QED) is 0.475. The van der Waals surface area contributed by atoms with Gasteiger partial charge in [0.1, 0.15) is 12.4 Å². The Hall–Kier alpha value is -2.94. The van der Waals surface area contributed by atoms with Gasteiger partial charge in [-0.05, 0) is 42.0 Å². The molecule has 0 aliphatic heterocycles. The van der Waals surface area contributed by atoms with E-state index in [1.165, 1.54) is 24.3 Å². The van der Waals surface area contributed by atoms with Crippen molar-refractivity contribution in [2.45, 2.75) is 12.8 Å². The van der Waals surface area contributed by atoms with Crippen LogP contribution in [0, 0.1) is 5.41 Å². The van der Waals surface area contributed by atoms with E-state index in [0.717, 1.165) is 5.56 Å². The average molecular weight is 388 g/mol. The molecule has 0 bridgehead atoms. The number of carbonyl (C=O) groups is 1. The molecule has 0 unspecified atom stereocenters. The van der Waals surface area contributed by atoms with Crippen molar-refractivity contribution in [2.75, 3.05) is 5.06 Å². The molecular weight excluding hydrogens is 375 g/mol. The number of hydroxylamine groups is 1. The Morgan fingerprint density at radius 2 is 1.69 bits per heavy atom. The lowest BCUT2D eigenvalue weighted by Crippen LogP contribution is -2.42. The Balaban J connectivity index is 2.04. The van der Waals surface area contributed by atoms with Crippen LogP contribution in [-0.4, -0.2) is 18.1 Å². The highest BCUT2D eigenvalue weighted by Gasteiger charge is 2.43. The van der Waals surface area contributed by atoms with Gasteiger partial charge in [0, 0.05) is 5.02 Å². The second kappa shape index (κ2) is 7.96. The lowest BCUT2D eigenvalue weighted by atomic mass is 10.2. The molecule has 2 aromatic carbocycles. The lowest BCUT2D eigenvalue weighted by molar-refractivity contribution is -0.199. The molecule has 0 amide bonds. The molecule has 0 aliphatic carbocycles. The Morgan fingerprint density at radius 3 is 2.19 bits per heavy atom. The largest absolute Gasteiger partial charge is 0.493 e. The zero-order valence-corrected chi connectivity index (χ0v) is 13.8. The van der Waals surface area contributed by atoms with Crippen LogP contribution in [0.5, 0.6) is 5.75 Å². The summed E-state index contributed by atoms with van der Waals surface area (Å²) in [5, 5.41) is 8.12. The number of rotatable bonds is 4. The first kappa shape index (κ1) is 19.4. The van der Waals surface area contributed by atoms with Crippen molar-refractivity contribution < 1.29 is 27.5 Å². The van der Waals surface area contributed by atoms with E-state index in [4.69, 9.17) is 27.5 Å². The monoisotopic (exact) mass is 387 g/mol. The molecule has 0 atom stereocenters. The molecule has 6 nitrogen and oxygen atoms in total. The number of alkyl halides is 3. The summed E-state index contributed by atoms with van der Waals surface area (Å²) >= 11 is 5.79. The number of carbonyl (C=O) groups excluding carboxylic acids is 1. The highest BCUT2D eigenvalue weighted by atomic mass is 35.5. The van der Waals surface area contributed by atoms with Crippen LogP contribution < -0.4 is 15.5 Å². The molecule has 10 heteroatoms. The average Bonchev–Trinajstić information content (AvgIpc) is 2.58. The number of benzene rings is 2. The van der Waals surface area contributed by atoms with E-state index in [-0.39, 0.29) is 17.4 Å². The zero-order chi connectivity index (χ0) is 19.3. The van der Waals surface area contributed by atoms with Gasteiger partial charge in [0.05, 0.1) is 5.69 Å². The number of nitrogens with zero attached hydrogens (tertiary/aromatic N) is 1. The van der Waals surface area contributed by atoms with Gasteiger partial charge in [-0.25, -0.2) is 4.79 Å². The minimum atomic E-state index is -5.21. The maximum Gasteiger partial charge on any atom is 0.493 e. The first-order valence-electron chi connectivity index (χ1n) is 7.07. The first-order chi connectivity index (χ1) is 12.2. The van der Waals surface area contributed by atoms with Crippen molar-refractivity contribution in [2.24, 2.45) is 5.73 Å². The van der Waals surface area contributed by atoms with Crippen LogP contribution in [0.1, 0.15) is 5.56 Å². The molecule has 0 fully saturated rings. The van der Waals surface area contributed by atoms with Crippen molar-refractivity contribution in [1.82, 2.24) is 0 Å². The molecule has 0 radical (unpaired) electrons. The van der Waals surface area contributed by atoms with Crippen molar-refractivity contribution >= 4 is 29.2 Å². The number of anilines is 1. The Morgan fingerprint density at radius 1 is 1.12 bits per heavy atom. The SMILES string of the molecule is N=C(N)N(OC(=O)C(F)(F)F)c1ccc(OCc2ccc(Cl)cc2)cc1. The summed E-state index contributed by atoms with van der Waals surface area (Å²) in [7, 11) is 0. The van der Waals surface area contributed by atoms with Gasteiger partial charge in [0.25, 0.3) is 0 Å². The maximum absolute atomic E-state index is 12.3. The number of guanidine groups is 1. The Labute approximate surface area is 151 Å². The normalized spacial score (nSPS) is 10.9. The van der Waals surface area contributed by atoms with Crippen molar-refractivity contribution in [3.63, 3.8) is 0 Å². The lowest BCUT2D eigenvalue weighted by Gasteiger charge is -2.21. The molecule has 0 aliphatic rings. The number of ether oxygens (including phenoxy) is 1. The van der Waals surface area contributed by atoms with Crippen LogP contribution in [0.2, 0.25) is 5.02 Å². The van der Waals surface area contributed by atoms with Gasteiger partial charge in [-0.2, -0.15) is 13.2 Å². The highest BCUT2D eigenvalue weighted by molar-refractivity contribution is 6.30. The third-order valence-electron chi connectivity index (χ3n) is 3.01. The summed E-state index contributed by atoms with van der Waals surface area (Å²) in [5.41, 5.74) is 5.98. The number of nitrogens with one attached hydrogen (secondary N) is 1. The Kier molecular flexibility index (Phi) is 5.93. The first-order valence-corrected chi connectivity index (χ1v) is 7.45. The van der Waals surface area contributed by atoms with Gasteiger partial charge < -0.3 is 15.3 Å². The topological polar surface area (TPSA) is 88.6 Å². The Bertz CT molecular complexity index is 780. The maximum atomic E-state index is 12.3. The van der Waals surface area contributed by atoms with E-state index in [0.29, 0.717) is 10.8 Å². The number of hydrogen-bond donors (Lipinski definition) is 2. The zero-order valence-electron chi connectivity index (χ0n) is 13.1. The summed E-state index contributed by atoms with van der Waals surface area (Å²) < 4.78 is 42.4. The molecule has 0 saturated heterocycles. The van der Waals surface area contributed by atoms with Crippen LogP contribution >= 0.6 is 11.6 Å². The molecule has 2 aromatic rings. The molecule has 0 aromatic heterocycles. The van der Waals surface area contributed by atoms with Crippen molar-refractivity contribution in [3.05, 3.63) is 59.1 Å². The van der Waals surface area contributed by atoms with Crippen molar-refractivity contribution in [3.8, 4) is 5.75 Å². The predicted molar refractivity (Wildman–Crippen MR) is 88.8 cm³/mol. The van der Waals surface area contributed by atoms with E-state index in [9.17, 15) is 18.0 Å². The molecule has 26 heavy (non-hydrogen) atoms. The van der Waals surface area contributed by atoms with E-state index in [1.807, 2.05) is 0 Å². The summed E-state index contributed by atoms with van der Waals surface area (Å²) in [6, 6.07) is 12.4. The number of nitrogens with two attached hydrogens (primary N) is 1. The van der Waals surface area contributed by atoms with Gasteiger partial charge >= 0.3 is 12.1 Å². The summed E-state index contributed by atoms with van der Waals surface area (Å²) in [6.07, 6.45) is -5.21. The summed E-state index contributed by atoms with van der Waals surface area (Å²) in [5.74, 6) is -2.97. The fourth-order valence-corrected chi connectivity index (χ4v) is 1.93. The molecule has 138 valence electrons. The molecule has 0 saturated carbocycles. The highest BCUT2D eigenvalue weighted by Crippen LogP contribution is 2.23. The van der Waals surface area contributed by atoms with Crippen LogP contribution in [0.15, 0.2) is 48.5 Å². The minimum Gasteiger partial charge on any atom is -0.489 e. The van der Waals surface area contributed by atoms with E-state index < -0.39 is 18.1 Å². The fraction of sp³-hybridized carbons (Fsp3) is 0.125. The molecule has 0 spiro atoms. The number of hydrogen-bond acceptors (Lipinski definition) is 4. The summed E-state index contributed by atoms with van der Waals surface area (Å²) in [4.78, 5) is 15.0. The smallest absolute Gasteiger partial charge is 0.489 e. The third kappa shape index (κ3) is 5.28. The third-order valence-corrected chi connectivity index (χ3v) is 3.27. The standard InChI is InChI=1S/C16H13ClF3N3O3/c17-11-3-1-10(2-4-11)9-25-13-7-5-12(6-8-13)23(15(21)22)26-14(24)16(18,19)20/h1-8H,9H2,(H3,21,22). The van der Waals surface area contributed by atoms with Crippen LogP contribution in [-0.2, 0) is 16.2 Å². The molecule has 0 heterocycles. The minimum absolute atomic E-state index is 0.0473. The predicted octanol–water partition coefficient (Wildman–Crippen LogP) is 3.64. The van der Waals surface area contributed by atoms with Gasteiger partial charge in [-0.1, -0.05) is 23.7 Å². The molecule has 2 rings (SSSR count). The molecular formula is C16H13ClF3N3O3. The van der Waals surface area contributed by atoms with Gasteiger partial charge in [0.15, 0.2) is 0 Å². The van der Waals surface area contributed by atoms with Crippen molar-refractivity contribution in [1.29, 1.82) is 5.41 Å². The van der Waals surface area contributed by atoms with Crippen LogP contribution in [0.25, 0.3) is 0 Å². The second-order valence-corrected chi connectivity index (χ2v) is 5.40. The summed E-state index contributed by atoms with van der Waals surface area (Å²) in [6.45, 7) is 0.246.